The molecule has 1 atom stereocenters. The van der Waals surface area contributed by atoms with Crippen molar-refractivity contribution in [1.29, 1.82) is 0 Å². The Hall–Kier alpha value is -3.67. The number of urea groups is 1. The van der Waals surface area contributed by atoms with Crippen molar-refractivity contribution in [2.75, 3.05) is 11.4 Å². The van der Waals surface area contributed by atoms with E-state index in [9.17, 15) is 14.0 Å². The molecule has 0 bridgehead atoms. The van der Waals surface area contributed by atoms with Crippen LogP contribution in [0.5, 0.6) is 0 Å². The molecule has 1 saturated heterocycles. The summed E-state index contributed by atoms with van der Waals surface area (Å²) >= 11 is 0. The zero-order valence-electron chi connectivity index (χ0n) is 17.1. The largest absolute Gasteiger partial charge is 0.333 e. The molecule has 1 fully saturated rings. The van der Waals surface area contributed by atoms with Crippen molar-refractivity contribution in [2.24, 2.45) is 0 Å². The van der Waals surface area contributed by atoms with Gasteiger partial charge in [-0.05, 0) is 35.4 Å². The molecule has 6 heteroatoms. The highest BCUT2D eigenvalue weighted by Crippen LogP contribution is 2.22. The normalized spacial score (nSPS) is 15.7. The summed E-state index contributed by atoms with van der Waals surface area (Å²) in [6.45, 7) is 1.29. The van der Waals surface area contributed by atoms with E-state index in [1.54, 1.807) is 21.9 Å². The maximum absolute atomic E-state index is 13.2. The zero-order valence-corrected chi connectivity index (χ0v) is 17.1. The predicted octanol–water partition coefficient (Wildman–Crippen LogP) is 4.34. The smallest absolute Gasteiger partial charge is 0.318 e. The summed E-state index contributed by atoms with van der Waals surface area (Å²) in [5.74, 6) is -0.438. The number of amides is 3. The van der Waals surface area contributed by atoms with E-state index < -0.39 is 0 Å². The third-order valence-electron chi connectivity index (χ3n) is 5.31. The summed E-state index contributed by atoms with van der Waals surface area (Å²) in [6.07, 6.45) is 0.216. The van der Waals surface area contributed by atoms with Crippen molar-refractivity contribution in [1.82, 2.24) is 10.2 Å². The van der Waals surface area contributed by atoms with Crippen LogP contribution in [0.4, 0.5) is 14.9 Å². The van der Waals surface area contributed by atoms with E-state index >= 15 is 0 Å². The van der Waals surface area contributed by atoms with Crippen LogP contribution in [-0.2, 0) is 17.9 Å². The van der Waals surface area contributed by atoms with Gasteiger partial charge >= 0.3 is 6.03 Å². The Labute approximate surface area is 181 Å². The van der Waals surface area contributed by atoms with E-state index in [1.165, 1.54) is 12.1 Å². The molecule has 0 unspecified atom stereocenters. The Morgan fingerprint density at radius 1 is 0.903 bits per heavy atom. The van der Waals surface area contributed by atoms with Gasteiger partial charge in [-0.2, -0.15) is 0 Å². The second-order valence-electron chi connectivity index (χ2n) is 7.66. The number of carbonyl (C=O) groups is 2. The van der Waals surface area contributed by atoms with Gasteiger partial charge in [-0.3, -0.25) is 4.79 Å². The number of hydrogen-bond acceptors (Lipinski definition) is 2. The van der Waals surface area contributed by atoms with Gasteiger partial charge in [0.05, 0.1) is 6.04 Å². The van der Waals surface area contributed by atoms with Crippen LogP contribution in [0.15, 0.2) is 84.9 Å². The zero-order chi connectivity index (χ0) is 21.6. The predicted molar refractivity (Wildman–Crippen MR) is 118 cm³/mol. The Balaban J connectivity index is 1.45. The summed E-state index contributed by atoms with van der Waals surface area (Å²) < 4.78 is 13.2. The lowest BCUT2D eigenvalue weighted by molar-refractivity contribution is -0.117. The number of halogens is 1. The van der Waals surface area contributed by atoms with Crippen molar-refractivity contribution in [3.05, 3.63) is 102 Å². The van der Waals surface area contributed by atoms with Gasteiger partial charge in [0, 0.05) is 31.7 Å². The average Bonchev–Trinajstić information content (AvgIpc) is 3.15. The Kier molecular flexibility index (Phi) is 6.26. The fourth-order valence-corrected chi connectivity index (χ4v) is 3.75. The van der Waals surface area contributed by atoms with Crippen molar-refractivity contribution in [2.45, 2.75) is 25.6 Å². The summed E-state index contributed by atoms with van der Waals surface area (Å²) in [4.78, 5) is 28.9. The molecule has 3 aromatic carbocycles. The summed E-state index contributed by atoms with van der Waals surface area (Å²) in [5.41, 5.74) is 2.70. The fraction of sp³-hybridized carbons (Fsp3) is 0.200. The first-order chi connectivity index (χ1) is 15.1. The van der Waals surface area contributed by atoms with Crippen LogP contribution in [0, 0.1) is 5.82 Å². The maximum atomic E-state index is 13.2. The summed E-state index contributed by atoms with van der Waals surface area (Å²) in [5, 5.41) is 3.01. The van der Waals surface area contributed by atoms with Crippen LogP contribution in [0.25, 0.3) is 0 Å². The number of benzene rings is 3. The van der Waals surface area contributed by atoms with E-state index in [4.69, 9.17) is 0 Å². The molecule has 1 heterocycles. The van der Waals surface area contributed by atoms with Gasteiger partial charge in [0.1, 0.15) is 5.82 Å². The van der Waals surface area contributed by atoms with Crippen LogP contribution in [0.1, 0.15) is 17.5 Å². The minimum atomic E-state index is -0.349. The van der Waals surface area contributed by atoms with Crippen LogP contribution in [-0.4, -0.2) is 29.4 Å². The van der Waals surface area contributed by atoms with Crippen LogP contribution >= 0.6 is 0 Å². The van der Waals surface area contributed by atoms with Gasteiger partial charge in [0.2, 0.25) is 5.91 Å². The Morgan fingerprint density at radius 2 is 1.45 bits per heavy atom. The molecule has 1 N–H and O–H groups in total. The Bertz CT molecular complexity index is 984. The molecule has 4 rings (SSSR count). The van der Waals surface area contributed by atoms with Gasteiger partial charge in [-0.15, -0.1) is 0 Å². The van der Waals surface area contributed by atoms with E-state index in [2.05, 4.69) is 5.32 Å². The molecule has 0 saturated carbocycles. The van der Waals surface area contributed by atoms with Crippen LogP contribution in [0.2, 0.25) is 0 Å². The monoisotopic (exact) mass is 417 g/mol. The number of anilines is 1. The van der Waals surface area contributed by atoms with Gasteiger partial charge in [0.25, 0.3) is 0 Å². The Morgan fingerprint density at radius 3 is 2.00 bits per heavy atom. The van der Waals surface area contributed by atoms with Crippen molar-refractivity contribution in [3.63, 3.8) is 0 Å². The first-order valence-corrected chi connectivity index (χ1v) is 10.3. The minimum Gasteiger partial charge on any atom is -0.333 e. The van der Waals surface area contributed by atoms with Crippen LogP contribution in [0.3, 0.4) is 0 Å². The fourth-order valence-electron chi connectivity index (χ4n) is 3.75. The summed E-state index contributed by atoms with van der Waals surface area (Å²) in [6, 6.07) is 24.9. The number of nitrogens with one attached hydrogen (secondary N) is 1. The van der Waals surface area contributed by atoms with Gasteiger partial charge < -0.3 is 15.1 Å². The third kappa shape index (κ3) is 5.28. The van der Waals surface area contributed by atoms with E-state index in [-0.39, 0.29) is 30.2 Å². The number of rotatable bonds is 6. The molecule has 31 heavy (non-hydrogen) atoms. The molecule has 0 spiro atoms. The molecule has 0 aromatic heterocycles. The second kappa shape index (κ2) is 9.43. The lowest BCUT2D eigenvalue weighted by Crippen LogP contribution is -2.45. The number of hydrogen-bond donors (Lipinski definition) is 1. The molecule has 1 aliphatic heterocycles. The second-order valence-corrected chi connectivity index (χ2v) is 7.66. The first-order valence-electron chi connectivity index (χ1n) is 10.3. The van der Waals surface area contributed by atoms with Crippen molar-refractivity contribution in [3.8, 4) is 0 Å². The number of nitrogens with zero attached hydrogens (tertiary/aromatic N) is 2. The van der Waals surface area contributed by atoms with Crippen LogP contribution < -0.4 is 10.2 Å². The first kappa shape index (κ1) is 20.6. The highest BCUT2D eigenvalue weighted by atomic mass is 19.1. The van der Waals surface area contributed by atoms with E-state index in [0.717, 1.165) is 11.1 Å². The molecule has 1 aliphatic rings. The molecule has 0 radical (unpaired) electrons. The third-order valence-corrected chi connectivity index (χ3v) is 5.31. The molecule has 3 amide bonds. The van der Waals surface area contributed by atoms with Gasteiger partial charge in [-0.1, -0.05) is 60.7 Å². The molecule has 158 valence electrons. The lowest BCUT2D eigenvalue weighted by atomic mass is 10.1. The molecular formula is C25H24FN3O2. The van der Waals surface area contributed by atoms with E-state index in [0.29, 0.717) is 25.3 Å². The average molecular weight is 417 g/mol. The van der Waals surface area contributed by atoms with Gasteiger partial charge in [-0.25, -0.2) is 9.18 Å². The van der Waals surface area contributed by atoms with Gasteiger partial charge in [0.15, 0.2) is 0 Å². The lowest BCUT2D eigenvalue weighted by Gasteiger charge is -2.25. The van der Waals surface area contributed by atoms with Crippen molar-refractivity contribution < 1.29 is 14.0 Å². The highest BCUT2D eigenvalue weighted by molar-refractivity contribution is 5.96. The molecule has 3 aromatic rings. The summed E-state index contributed by atoms with van der Waals surface area (Å²) in [7, 11) is 0. The molecular weight excluding hydrogens is 393 g/mol. The highest BCUT2D eigenvalue weighted by Gasteiger charge is 2.32. The maximum Gasteiger partial charge on any atom is 0.318 e. The minimum absolute atomic E-state index is 0.0884. The van der Waals surface area contributed by atoms with E-state index in [1.807, 2.05) is 60.7 Å². The number of carbonyl (C=O) groups excluding carboxylic acids is 2. The SMILES string of the molecule is O=C(N[C@H]1CC(=O)N(c2ccc(F)cc2)C1)N(Cc1ccccc1)Cc1ccccc1. The standard InChI is InChI=1S/C25H24FN3O2/c26-21-11-13-23(14-12-21)29-18-22(15-24(29)30)27-25(31)28(16-19-7-3-1-4-8-19)17-20-9-5-2-6-10-20/h1-14,22H,15-18H2,(H,27,31)/t22-/m0/s1. The van der Waals surface area contributed by atoms with Crippen molar-refractivity contribution >= 4 is 17.6 Å². The quantitative estimate of drug-likeness (QED) is 0.649. The molecule has 0 aliphatic carbocycles. The topological polar surface area (TPSA) is 52.7 Å². The molecule has 5 nitrogen and oxygen atoms in total.